The highest BCUT2D eigenvalue weighted by atomic mass is 79.9. The molecule has 0 aliphatic heterocycles. The molecule has 80 valence electrons. The number of methoxy groups -OCH3 is 1. The standard InChI is InChI=1S/C9H16BrN3O/c1-14-6-5-13-9(3-2-4-11)8(10)7-12-13/h7H,2-6,11H2,1H3. The molecule has 0 aliphatic rings. The van der Waals surface area contributed by atoms with Crippen molar-refractivity contribution in [3.63, 3.8) is 0 Å². The highest BCUT2D eigenvalue weighted by Gasteiger charge is 2.07. The Morgan fingerprint density at radius 2 is 2.43 bits per heavy atom. The average Bonchev–Trinajstić information content (AvgIpc) is 2.53. The minimum Gasteiger partial charge on any atom is -0.383 e. The summed E-state index contributed by atoms with van der Waals surface area (Å²) in [5.41, 5.74) is 6.68. The molecule has 0 unspecified atom stereocenters. The van der Waals surface area contributed by atoms with E-state index in [1.54, 1.807) is 7.11 Å². The Balaban J connectivity index is 2.62. The van der Waals surface area contributed by atoms with Gasteiger partial charge in [0.25, 0.3) is 0 Å². The van der Waals surface area contributed by atoms with Gasteiger partial charge in [-0.3, -0.25) is 4.68 Å². The van der Waals surface area contributed by atoms with Gasteiger partial charge in [-0.2, -0.15) is 5.10 Å². The number of rotatable bonds is 6. The van der Waals surface area contributed by atoms with Crippen LogP contribution in [-0.2, 0) is 17.7 Å². The van der Waals surface area contributed by atoms with Crippen molar-refractivity contribution in [1.82, 2.24) is 9.78 Å². The van der Waals surface area contributed by atoms with E-state index in [0.29, 0.717) is 13.2 Å². The van der Waals surface area contributed by atoms with Gasteiger partial charge in [-0.15, -0.1) is 0 Å². The Morgan fingerprint density at radius 1 is 1.64 bits per heavy atom. The summed E-state index contributed by atoms with van der Waals surface area (Å²) in [5, 5.41) is 4.26. The van der Waals surface area contributed by atoms with Crippen molar-refractivity contribution < 1.29 is 4.74 Å². The fourth-order valence-electron chi connectivity index (χ4n) is 1.28. The lowest BCUT2D eigenvalue weighted by atomic mass is 10.2. The first kappa shape index (κ1) is 11.7. The van der Waals surface area contributed by atoms with E-state index < -0.39 is 0 Å². The fourth-order valence-corrected chi connectivity index (χ4v) is 1.77. The van der Waals surface area contributed by atoms with Crippen LogP contribution in [0.3, 0.4) is 0 Å². The smallest absolute Gasteiger partial charge is 0.0658 e. The number of ether oxygens (including phenoxy) is 1. The zero-order valence-corrected chi connectivity index (χ0v) is 9.96. The van der Waals surface area contributed by atoms with E-state index >= 15 is 0 Å². The first-order chi connectivity index (χ1) is 6.79. The quantitative estimate of drug-likeness (QED) is 0.837. The van der Waals surface area contributed by atoms with E-state index in [0.717, 1.165) is 23.9 Å². The average molecular weight is 262 g/mol. The fraction of sp³-hybridized carbons (Fsp3) is 0.667. The summed E-state index contributed by atoms with van der Waals surface area (Å²) >= 11 is 3.47. The van der Waals surface area contributed by atoms with Gasteiger partial charge in [0.1, 0.15) is 0 Å². The van der Waals surface area contributed by atoms with Gasteiger partial charge in [-0.05, 0) is 35.3 Å². The van der Waals surface area contributed by atoms with Crippen molar-refractivity contribution in [1.29, 1.82) is 0 Å². The van der Waals surface area contributed by atoms with Crippen molar-refractivity contribution in [2.24, 2.45) is 5.73 Å². The van der Waals surface area contributed by atoms with Gasteiger partial charge in [0.15, 0.2) is 0 Å². The number of nitrogens with zero attached hydrogens (tertiary/aromatic N) is 2. The first-order valence-electron chi connectivity index (χ1n) is 4.68. The molecule has 0 amide bonds. The normalized spacial score (nSPS) is 10.8. The van der Waals surface area contributed by atoms with Crippen LogP contribution in [0.25, 0.3) is 0 Å². The molecule has 0 radical (unpaired) electrons. The van der Waals surface area contributed by atoms with Crippen molar-refractivity contribution >= 4 is 15.9 Å². The number of hydrogen-bond donors (Lipinski definition) is 1. The lowest BCUT2D eigenvalue weighted by Crippen LogP contribution is -2.11. The third kappa shape index (κ3) is 3.08. The summed E-state index contributed by atoms with van der Waals surface area (Å²) in [6, 6.07) is 0. The van der Waals surface area contributed by atoms with Crippen molar-refractivity contribution in [2.45, 2.75) is 19.4 Å². The molecule has 0 saturated carbocycles. The molecule has 1 aromatic heterocycles. The summed E-state index contributed by atoms with van der Waals surface area (Å²) in [6.45, 7) is 2.19. The van der Waals surface area contributed by atoms with Crippen molar-refractivity contribution in [3.8, 4) is 0 Å². The Bertz CT molecular complexity index is 275. The van der Waals surface area contributed by atoms with Crippen LogP contribution < -0.4 is 5.73 Å². The topological polar surface area (TPSA) is 53.1 Å². The predicted octanol–water partition coefficient (Wildman–Crippen LogP) is 1.18. The van der Waals surface area contributed by atoms with Crippen LogP contribution in [0, 0.1) is 0 Å². The number of aromatic nitrogens is 2. The number of halogens is 1. The van der Waals surface area contributed by atoms with Gasteiger partial charge in [-0.25, -0.2) is 0 Å². The van der Waals surface area contributed by atoms with Crippen LogP contribution in [0.4, 0.5) is 0 Å². The molecule has 1 heterocycles. The van der Waals surface area contributed by atoms with Gasteiger partial charge < -0.3 is 10.5 Å². The molecule has 0 aromatic carbocycles. The molecule has 1 aromatic rings. The maximum Gasteiger partial charge on any atom is 0.0658 e. The maximum atomic E-state index is 5.48. The Morgan fingerprint density at radius 3 is 3.07 bits per heavy atom. The van der Waals surface area contributed by atoms with Crippen LogP contribution in [0.15, 0.2) is 10.7 Å². The lowest BCUT2D eigenvalue weighted by Gasteiger charge is -2.06. The molecule has 1 rings (SSSR count). The molecule has 0 fully saturated rings. The molecule has 14 heavy (non-hydrogen) atoms. The maximum absolute atomic E-state index is 5.48. The third-order valence-corrected chi connectivity index (χ3v) is 2.69. The zero-order chi connectivity index (χ0) is 10.4. The van der Waals surface area contributed by atoms with Gasteiger partial charge in [0, 0.05) is 7.11 Å². The van der Waals surface area contributed by atoms with E-state index in [-0.39, 0.29) is 0 Å². The van der Waals surface area contributed by atoms with E-state index in [9.17, 15) is 0 Å². The lowest BCUT2D eigenvalue weighted by molar-refractivity contribution is 0.182. The predicted molar refractivity (Wildman–Crippen MR) is 59.2 cm³/mol. The summed E-state index contributed by atoms with van der Waals surface area (Å²) in [4.78, 5) is 0. The molecule has 0 saturated heterocycles. The minimum absolute atomic E-state index is 0.684. The van der Waals surface area contributed by atoms with E-state index in [1.807, 2.05) is 10.9 Å². The van der Waals surface area contributed by atoms with Crippen molar-refractivity contribution in [3.05, 3.63) is 16.4 Å². The van der Waals surface area contributed by atoms with E-state index in [2.05, 4.69) is 21.0 Å². The first-order valence-corrected chi connectivity index (χ1v) is 5.48. The summed E-state index contributed by atoms with van der Waals surface area (Å²) in [5.74, 6) is 0. The summed E-state index contributed by atoms with van der Waals surface area (Å²) in [6.07, 6.45) is 3.76. The second kappa shape index (κ2) is 6.16. The van der Waals surface area contributed by atoms with Gasteiger partial charge in [-0.1, -0.05) is 0 Å². The third-order valence-electron chi connectivity index (χ3n) is 2.02. The number of hydrogen-bond acceptors (Lipinski definition) is 3. The highest BCUT2D eigenvalue weighted by molar-refractivity contribution is 9.10. The molecular weight excluding hydrogens is 246 g/mol. The molecule has 2 N–H and O–H groups in total. The number of nitrogens with two attached hydrogens (primary N) is 1. The molecule has 0 aliphatic carbocycles. The zero-order valence-electron chi connectivity index (χ0n) is 8.37. The SMILES string of the molecule is COCCn1ncc(Br)c1CCCN. The van der Waals surface area contributed by atoms with Crippen molar-refractivity contribution in [2.75, 3.05) is 20.3 Å². The van der Waals surface area contributed by atoms with Gasteiger partial charge in [0.2, 0.25) is 0 Å². The molecular formula is C9H16BrN3O. The van der Waals surface area contributed by atoms with Crippen LogP contribution in [-0.4, -0.2) is 30.0 Å². The van der Waals surface area contributed by atoms with E-state index in [1.165, 1.54) is 5.69 Å². The van der Waals surface area contributed by atoms with Crippen LogP contribution >= 0.6 is 15.9 Å². The second-order valence-corrected chi connectivity index (χ2v) is 3.90. The Hall–Kier alpha value is -0.390. The van der Waals surface area contributed by atoms with Gasteiger partial charge in [0.05, 0.1) is 29.5 Å². The van der Waals surface area contributed by atoms with E-state index in [4.69, 9.17) is 10.5 Å². The Kier molecular flexibility index (Phi) is 5.14. The van der Waals surface area contributed by atoms with Crippen LogP contribution in [0.2, 0.25) is 0 Å². The largest absolute Gasteiger partial charge is 0.383 e. The molecule has 0 atom stereocenters. The summed E-state index contributed by atoms with van der Waals surface area (Å²) in [7, 11) is 1.69. The monoisotopic (exact) mass is 261 g/mol. The molecule has 0 spiro atoms. The molecule has 0 bridgehead atoms. The molecule has 5 heteroatoms. The highest BCUT2D eigenvalue weighted by Crippen LogP contribution is 2.17. The van der Waals surface area contributed by atoms with Gasteiger partial charge >= 0.3 is 0 Å². The molecule has 4 nitrogen and oxygen atoms in total. The van der Waals surface area contributed by atoms with Crippen LogP contribution in [0.1, 0.15) is 12.1 Å². The summed E-state index contributed by atoms with van der Waals surface area (Å²) < 4.78 is 8.03. The second-order valence-electron chi connectivity index (χ2n) is 3.05. The minimum atomic E-state index is 0.684. The Labute approximate surface area is 92.5 Å². The van der Waals surface area contributed by atoms with Crippen LogP contribution in [0.5, 0.6) is 0 Å².